The van der Waals surface area contributed by atoms with E-state index in [2.05, 4.69) is 59.2 Å². The van der Waals surface area contributed by atoms with Crippen LogP contribution in [0.5, 0.6) is 0 Å². The molecule has 0 fully saturated rings. The van der Waals surface area contributed by atoms with Gasteiger partial charge in [-0.15, -0.1) is 0 Å². The van der Waals surface area contributed by atoms with Gasteiger partial charge in [-0.3, -0.25) is 0 Å². The average molecular weight is 386 g/mol. The van der Waals surface area contributed by atoms with E-state index in [1.54, 1.807) is 0 Å². The van der Waals surface area contributed by atoms with Crippen molar-refractivity contribution >= 4 is 39.7 Å². The van der Waals surface area contributed by atoms with Crippen LogP contribution in [-0.2, 0) is 6.42 Å². The van der Waals surface area contributed by atoms with Gasteiger partial charge in [0.25, 0.3) is 0 Å². The molecule has 0 amide bonds. The normalized spacial score (nSPS) is 15.4. The summed E-state index contributed by atoms with van der Waals surface area (Å²) >= 11 is 5.98. The Balaban J connectivity index is 1.42. The Morgan fingerprint density at radius 2 is 1.71 bits per heavy atom. The van der Waals surface area contributed by atoms with Crippen molar-refractivity contribution in [3.8, 4) is 0 Å². The Morgan fingerprint density at radius 3 is 2.61 bits per heavy atom. The molecule has 3 aromatic carbocycles. The number of aryl methyl sites for hydroxylation is 1. The van der Waals surface area contributed by atoms with Gasteiger partial charge in [-0.05, 0) is 72.5 Å². The summed E-state index contributed by atoms with van der Waals surface area (Å²) in [4.78, 5) is 4.86. The van der Waals surface area contributed by atoms with Crippen molar-refractivity contribution in [2.75, 3.05) is 10.6 Å². The zero-order valence-corrected chi connectivity index (χ0v) is 16.1. The van der Waals surface area contributed by atoms with Crippen molar-refractivity contribution in [2.24, 2.45) is 0 Å². The van der Waals surface area contributed by atoms with Gasteiger partial charge in [-0.25, -0.2) is 4.98 Å². The summed E-state index contributed by atoms with van der Waals surface area (Å²) in [5.74, 6) is 0.915. The highest BCUT2D eigenvalue weighted by molar-refractivity contribution is 6.30. The molecule has 0 saturated carbocycles. The molecule has 1 atom stereocenters. The second-order valence-electron chi connectivity index (χ2n) is 7.14. The van der Waals surface area contributed by atoms with Gasteiger partial charge in [0.05, 0.1) is 11.6 Å². The number of nitrogens with one attached hydrogen (secondary N) is 2. The van der Waals surface area contributed by atoms with Crippen molar-refractivity contribution in [3.05, 3.63) is 95.0 Å². The number of pyridine rings is 1. The van der Waals surface area contributed by atoms with Crippen molar-refractivity contribution < 1.29 is 0 Å². The molecule has 4 aromatic rings. The molecule has 3 nitrogen and oxygen atoms in total. The highest BCUT2D eigenvalue weighted by Gasteiger charge is 2.21. The first-order valence-corrected chi connectivity index (χ1v) is 9.91. The third-order valence-corrected chi connectivity index (χ3v) is 5.56. The molecule has 0 unspecified atom stereocenters. The summed E-state index contributed by atoms with van der Waals surface area (Å²) < 4.78 is 0. The molecule has 0 spiro atoms. The van der Waals surface area contributed by atoms with Gasteiger partial charge in [-0.1, -0.05) is 41.9 Å². The summed E-state index contributed by atoms with van der Waals surface area (Å²) in [5, 5.41) is 8.90. The predicted octanol–water partition coefficient (Wildman–Crippen LogP) is 6.73. The molecule has 4 heteroatoms. The minimum Gasteiger partial charge on any atom is -0.363 e. The minimum atomic E-state index is 0.330. The Labute approximate surface area is 169 Å². The van der Waals surface area contributed by atoms with Gasteiger partial charge in [0.15, 0.2) is 0 Å². The number of halogens is 1. The maximum Gasteiger partial charge on any atom is 0.127 e. The lowest BCUT2D eigenvalue weighted by Gasteiger charge is -2.16. The highest BCUT2D eigenvalue weighted by Crippen LogP contribution is 2.34. The highest BCUT2D eigenvalue weighted by atomic mass is 35.5. The van der Waals surface area contributed by atoms with Crippen LogP contribution in [0, 0.1) is 0 Å². The van der Waals surface area contributed by atoms with E-state index in [4.69, 9.17) is 16.6 Å². The monoisotopic (exact) mass is 385 g/mol. The van der Waals surface area contributed by atoms with Crippen LogP contribution in [0.25, 0.3) is 10.9 Å². The molecule has 28 heavy (non-hydrogen) atoms. The standard InChI is InChI=1S/C24H20ClN3/c25-17-9-11-18(12-10-17)26-21-6-3-7-22-20(21)13-15-24(27-22)28-23-14-8-16-4-1-2-5-19(16)23/h1-7,9-13,15,23,26H,8,14H2,(H,27,28)/t23-/m1/s1. The van der Waals surface area contributed by atoms with Crippen LogP contribution in [0.15, 0.2) is 78.9 Å². The van der Waals surface area contributed by atoms with Crippen LogP contribution in [0.4, 0.5) is 17.2 Å². The predicted molar refractivity (Wildman–Crippen MR) is 118 cm³/mol. The zero-order chi connectivity index (χ0) is 18.9. The van der Waals surface area contributed by atoms with E-state index >= 15 is 0 Å². The van der Waals surface area contributed by atoms with E-state index in [0.717, 1.165) is 46.0 Å². The molecule has 1 aliphatic carbocycles. The smallest absolute Gasteiger partial charge is 0.127 e. The summed E-state index contributed by atoms with van der Waals surface area (Å²) in [6.07, 6.45) is 2.23. The fourth-order valence-electron chi connectivity index (χ4n) is 3.92. The van der Waals surface area contributed by atoms with Crippen molar-refractivity contribution in [3.63, 3.8) is 0 Å². The van der Waals surface area contributed by atoms with Gasteiger partial charge >= 0.3 is 0 Å². The first-order chi connectivity index (χ1) is 13.8. The fraction of sp³-hybridized carbons (Fsp3) is 0.125. The SMILES string of the molecule is Clc1ccc(Nc2cccc3nc(N[C@@H]4CCc5ccccc54)ccc23)cc1. The van der Waals surface area contributed by atoms with Crippen molar-refractivity contribution in [2.45, 2.75) is 18.9 Å². The van der Waals surface area contributed by atoms with E-state index in [0.29, 0.717) is 6.04 Å². The summed E-state index contributed by atoms with van der Waals surface area (Å²) in [6.45, 7) is 0. The molecule has 0 aliphatic heterocycles. The number of hydrogen-bond donors (Lipinski definition) is 2. The molecule has 0 saturated heterocycles. The van der Waals surface area contributed by atoms with Gasteiger partial charge in [0, 0.05) is 21.8 Å². The van der Waals surface area contributed by atoms with Gasteiger partial charge in [0.2, 0.25) is 0 Å². The first kappa shape index (κ1) is 17.1. The number of benzene rings is 3. The average Bonchev–Trinajstić information content (AvgIpc) is 3.13. The van der Waals surface area contributed by atoms with Crippen LogP contribution >= 0.6 is 11.6 Å². The van der Waals surface area contributed by atoms with Crippen LogP contribution in [0.1, 0.15) is 23.6 Å². The Bertz CT molecular complexity index is 1140. The maximum atomic E-state index is 5.98. The Kier molecular flexibility index (Phi) is 4.38. The first-order valence-electron chi connectivity index (χ1n) is 9.53. The molecule has 1 heterocycles. The Hall–Kier alpha value is -3.04. The lowest BCUT2D eigenvalue weighted by molar-refractivity contribution is 0.758. The van der Waals surface area contributed by atoms with Crippen LogP contribution in [0.2, 0.25) is 5.02 Å². The largest absolute Gasteiger partial charge is 0.363 e. The molecule has 5 rings (SSSR count). The van der Waals surface area contributed by atoms with Crippen molar-refractivity contribution in [1.29, 1.82) is 0 Å². The van der Waals surface area contributed by atoms with E-state index in [-0.39, 0.29) is 0 Å². The third-order valence-electron chi connectivity index (χ3n) is 5.31. The van der Waals surface area contributed by atoms with E-state index in [1.165, 1.54) is 11.1 Å². The van der Waals surface area contributed by atoms with Crippen LogP contribution < -0.4 is 10.6 Å². The minimum absolute atomic E-state index is 0.330. The second-order valence-corrected chi connectivity index (χ2v) is 7.57. The molecule has 1 aliphatic rings. The quantitative estimate of drug-likeness (QED) is 0.409. The third kappa shape index (κ3) is 3.30. The topological polar surface area (TPSA) is 37.0 Å². The van der Waals surface area contributed by atoms with Gasteiger partial charge in [-0.2, -0.15) is 0 Å². The van der Waals surface area contributed by atoms with Gasteiger partial charge < -0.3 is 10.6 Å². The lowest BCUT2D eigenvalue weighted by atomic mass is 10.1. The van der Waals surface area contributed by atoms with E-state index in [1.807, 2.05) is 30.3 Å². The summed E-state index contributed by atoms with van der Waals surface area (Å²) in [6, 6.07) is 27.1. The van der Waals surface area contributed by atoms with Crippen molar-refractivity contribution in [1.82, 2.24) is 4.98 Å². The Morgan fingerprint density at radius 1 is 0.857 bits per heavy atom. The molecule has 0 radical (unpaired) electrons. The molecular formula is C24H20ClN3. The number of fused-ring (bicyclic) bond motifs is 2. The number of aromatic nitrogens is 1. The molecule has 138 valence electrons. The summed E-state index contributed by atoms with van der Waals surface area (Å²) in [7, 11) is 0. The molecule has 2 N–H and O–H groups in total. The molecule has 0 bridgehead atoms. The van der Waals surface area contributed by atoms with E-state index < -0.39 is 0 Å². The van der Waals surface area contributed by atoms with Crippen LogP contribution in [0.3, 0.4) is 0 Å². The lowest BCUT2D eigenvalue weighted by Crippen LogP contribution is -2.08. The maximum absolute atomic E-state index is 5.98. The number of nitrogens with zero attached hydrogens (tertiary/aromatic N) is 1. The molecular weight excluding hydrogens is 366 g/mol. The molecule has 1 aromatic heterocycles. The second kappa shape index (κ2) is 7.17. The number of hydrogen-bond acceptors (Lipinski definition) is 3. The zero-order valence-electron chi connectivity index (χ0n) is 15.3. The van der Waals surface area contributed by atoms with Gasteiger partial charge in [0.1, 0.15) is 5.82 Å². The summed E-state index contributed by atoms with van der Waals surface area (Å²) in [5.41, 5.74) is 5.83. The number of rotatable bonds is 4. The van der Waals surface area contributed by atoms with Crippen LogP contribution in [-0.4, -0.2) is 4.98 Å². The fourth-order valence-corrected chi connectivity index (χ4v) is 4.04. The number of anilines is 3. The van der Waals surface area contributed by atoms with E-state index in [9.17, 15) is 0 Å².